The molecule has 0 aromatic heterocycles. The van der Waals surface area contributed by atoms with Crippen LogP contribution in [0.4, 0.5) is 16.2 Å². The number of hydrogen-bond donors (Lipinski definition) is 2. The molecule has 2 rings (SSSR count). The summed E-state index contributed by atoms with van der Waals surface area (Å²) in [7, 11) is 11.2. The maximum absolute atomic E-state index is 12.4. The first-order valence-electron chi connectivity index (χ1n) is 9.05. The number of ether oxygens (including phenoxy) is 2. The third-order valence-corrected chi connectivity index (χ3v) is 4.48. The number of hydrogen-bond acceptors (Lipinski definition) is 5. The topological polar surface area (TPSA) is 66.1 Å². The molecular weight excluding hydrogens is 356 g/mol. The van der Waals surface area contributed by atoms with Crippen molar-refractivity contribution in [1.82, 2.24) is 10.2 Å². The molecule has 2 N–H and O–H groups in total. The molecule has 7 heteroatoms. The van der Waals surface area contributed by atoms with Gasteiger partial charge in [-0.05, 0) is 31.8 Å². The summed E-state index contributed by atoms with van der Waals surface area (Å²) in [6, 6.07) is 13.3. The molecule has 7 nitrogen and oxygen atoms in total. The second-order valence-corrected chi connectivity index (χ2v) is 6.90. The van der Waals surface area contributed by atoms with Crippen molar-refractivity contribution in [2.75, 3.05) is 59.2 Å². The van der Waals surface area contributed by atoms with E-state index < -0.39 is 0 Å². The van der Waals surface area contributed by atoms with Crippen LogP contribution in [0.25, 0.3) is 0 Å². The molecule has 0 aliphatic rings. The predicted molar refractivity (Wildman–Crippen MR) is 114 cm³/mol. The SMILES string of the molecule is COc1cc(NC(=O)NC[C@H](c2ccc(N(C)C)cc2)N(C)C)cc(OC)c1. The number of nitrogens with one attached hydrogen (secondary N) is 2. The van der Waals surface area contributed by atoms with E-state index in [2.05, 4.69) is 44.7 Å². The smallest absolute Gasteiger partial charge is 0.319 e. The van der Waals surface area contributed by atoms with Gasteiger partial charge in [0.25, 0.3) is 0 Å². The lowest BCUT2D eigenvalue weighted by Crippen LogP contribution is -2.36. The number of urea groups is 1. The van der Waals surface area contributed by atoms with Gasteiger partial charge >= 0.3 is 6.03 Å². The Hall–Kier alpha value is -2.93. The van der Waals surface area contributed by atoms with Crippen LogP contribution in [0.5, 0.6) is 11.5 Å². The fourth-order valence-corrected chi connectivity index (χ4v) is 2.84. The summed E-state index contributed by atoms with van der Waals surface area (Å²) in [6.45, 7) is 0.473. The van der Waals surface area contributed by atoms with Crippen LogP contribution in [-0.2, 0) is 0 Å². The van der Waals surface area contributed by atoms with Crippen LogP contribution < -0.4 is 25.0 Å². The zero-order valence-corrected chi connectivity index (χ0v) is 17.4. The number of nitrogens with zero attached hydrogens (tertiary/aromatic N) is 2. The monoisotopic (exact) mass is 386 g/mol. The van der Waals surface area contributed by atoms with Crippen molar-refractivity contribution < 1.29 is 14.3 Å². The summed E-state index contributed by atoms with van der Waals surface area (Å²) in [6.07, 6.45) is 0. The van der Waals surface area contributed by atoms with Crippen molar-refractivity contribution in [1.29, 1.82) is 0 Å². The minimum Gasteiger partial charge on any atom is -0.497 e. The molecule has 0 aliphatic carbocycles. The quantitative estimate of drug-likeness (QED) is 0.729. The first kappa shape index (κ1) is 21.4. The van der Waals surface area contributed by atoms with Gasteiger partial charge in [-0.15, -0.1) is 0 Å². The van der Waals surface area contributed by atoms with Crippen molar-refractivity contribution >= 4 is 17.4 Å². The second-order valence-electron chi connectivity index (χ2n) is 6.90. The summed E-state index contributed by atoms with van der Waals surface area (Å²) < 4.78 is 10.5. The van der Waals surface area contributed by atoms with Crippen LogP contribution in [0.15, 0.2) is 42.5 Å². The fourth-order valence-electron chi connectivity index (χ4n) is 2.84. The van der Waals surface area contributed by atoms with Gasteiger partial charge < -0.3 is 29.9 Å². The van der Waals surface area contributed by atoms with Crippen LogP contribution in [0, 0.1) is 0 Å². The number of likely N-dealkylation sites (N-methyl/N-ethyl adjacent to an activating group) is 1. The van der Waals surface area contributed by atoms with Gasteiger partial charge in [-0.3, -0.25) is 0 Å². The molecule has 28 heavy (non-hydrogen) atoms. The molecule has 152 valence electrons. The maximum atomic E-state index is 12.4. The molecule has 0 saturated heterocycles. The average Bonchev–Trinajstić information content (AvgIpc) is 2.67. The van der Waals surface area contributed by atoms with E-state index in [9.17, 15) is 4.79 Å². The summed E-state index contributed by atoms with van der Waals surface area (Å²) in [5.74, 6) is 1.23. The van der Waals surface area contributed by atoms with Gasteiger partial charge in [-0.25, -0.2) is 4.79 Å². The van der Waals surface area contributed by atoms with Gasteiger partial charge in [0.2, 0.25) is 0 Å². The number of methoxy groups -OCH3 is 2. The maximum Gasteiger partial charge on any atom is 0.319 e. The van der Waals surface area contributed by atoms with Gasteiger partial charge in [0, 0.05) is 50.2 Å². The first-order chi connectivity index (χ1) is 13.3. The molecule has 0 radical (unpaired) electrons. The third-order valence-electron chi connectivity index (χ3n) is 4.48. The highest BCUT2D eigenvalue weighted by atomic mass is 16.5. The Balaban J connectivity index is 2.02. The van der Waals surface area contributed by atoms with E-state index in [1.54, 1.807) is 32.4 Å². The number of carbonyl (C=O) groups excluding carboxylic acids is 1. The van der Waals surface area contributed by atoms with E-state index >= 15 is 0 Å². The molecule has 0 spiro atoms. The molecule has 2 aromatic rings. The Bertz CT molecular complexity index is 753. The van der Waals surface area contributed by atoms with Crippen LogP contribution in [0.1, 0.15) is 11.6 Å². The standard InChI is InChI=1S/C21H30N4O3/c1-24(2)17-9-7-15(8-10-17)20(25(3)4)14-22-21(26)23-16-11-18(27-5)13-19(12-16)28-6/h7-13,20H,14H2,1-6H3,(H2,22,23,26)/t20-/m1/s1. The Morgan fingerprint density at radius 2 is 1.54 bits per heavy atom. The van der Waals surface area contributed by atoms with Crippen LogP contribution in [0.2, 0.25) is 0 Å². The average molecular weight is 386 g/mol. The molecule has 0 saturated carbocycles. The number of anilines is 2. The highest BCUT2D eigenvalue weighted by molar-refractivity contribution is 5.89. The summed E-state index contributed by atoms with van der Waals surface area (Å²) in [5, 5.41) is 5.77. The van der Waals surface area contributed by atoms with Crippen molar-refractivity contribution in [3.05, 3.63) is 48.0 Å². The van der Waals surface area contributed by atoms with Gasteiger partial charge in [0.05, 0.1) is 20.3 Å². The molecule has 2 amide bonds. The lowest BCUT2D eigenvalue weighted by molar-refractivity contribution is 0.243. The largest absolute Gasteiger partial charge is 0.497 e. The highest BCUT2D eigenvalue weighted by Crippen LogP contribution is 2.26. The minimum atomic E-state index is -0.285. The summed E-state index contributed by atoms with van der Waals surface area (Å²) in [4.78, 5) is 16.5. The molecule has 0 unspecified atom stereocenters. The molecule has 0 fully saturated rings. The number of amides is 2. The van der Waals surface area contributed by atoms with Gasteiger partial charge in [0.15, 0.2) is 0 Å². The zero-order chi connectivity index (χ0) is 20.7. The lowest BCUT2D eigenvalue weighted by atomic mass is 10.1. The lowest BCUT2D eigenvalue weighted by Gasteiger charge is -2.26. The van der Waals surface area contributed by atoms with Crippen molar-refractivity contribution in [2.45, 2.75) is 6.04 Å². The Morgan fingerprint density at radius 3 is 2.00 bits per heavy atom. The van der Waals surface area contributed by atoms with E-state index in [-0.39, 0.29) is 12.1 Å². The molecule has 0 aliphatic heterocycles. The van der Waals surface area contributed by atoms with Crippen molar-refractivity contribution in [3.63, 3.8) is 0 Å². The molecular formula is C21H30N4O3. The van der Waals surface area contributed by atoms with Crippen molar-refractivity contribution in [2.24, 2.45) is 0 Å². The van der Waals surface area contributed by atoms with E-state index in [0.717, 1.165) is 11.3 Å². The molecule has 1 atom stereocenters. The normalized spacial score (nSPS) is 11.7. The van der Waals surface area contributed by atoms with Crippen LogP contribution in [0.3, 0.4) is 0 Å². The van der Waals surface area contributed by atoms with Gasteiger partial charge in [-0.1, -0.05) is 12.1 Å². The Morgan fingerprint density at radius 1 is 0.964 bits per heavy atom. The van der Waals surface area contributed by atoms with E-state index in [4.69, 9.17) is 9.47 Å². The summed E-state index contributed by atoms with van der Waals surface area (Å²) in [5.41, 5.74) is 2.88. The Labute approximate surface area is 167 Å². The first-order valence-corrected chi connectivity index (χ1v) is 9.05. The molecule has 2 aromatic carbocycles. The van der Waals surface area contributed by atoms with Crippen molar-refractivity contribution in [3.8, 4) is 11.5 Å². The Kier molecular flexibility index (Phi) is 7.52. The van der Waals surface area contributed by atoms with Crippen LogP contribution >= 0.6 is 0 Å². The van der Waals surface area contributed by atoms with Crippen LogP contribution in [-0.4, -0.2) is 59.9 Å². The predicted octanol–water partition coefficient (Wildman–Crippen LogP) is 3.19. The fraction of sp³-hybridized carbons (Fsp3) is 0.381. The van der Waals surface area contributed by atoms with Gasteiger partial charge in [0.1, 0.15) is 11.5 Å². The van der Waals surface area contributed by atoms with E-state index in [0.29, 0.717) is 23.7 Å². The van der Waals surface area contributed by atoms with E-state index in [1.165, 1.54) is 0 Å². The van der Waals surface area contributed by atoms with Gasteiger partial charge in [-0.2, -0.15) is 0 Å². The molecule has 0 heterocycles. The highest BCUT2D eigenvalue weighted by Gasteiger charge is 2.16. The van der Waals surface area contributed by atoms with E-state index in [1.807, 2.05) is 28.2 Å². The molecule has 0 bridgehead atoms. The number of benzene rings is 2. The second kappa shape index (κ2) is 9.85. The number of rotatable bonds is 8. The number of carbonyl (C=O) groups is 1. The zero-order valence-electron chi connectivity index (χ0n) is 17.4. The third kappa shape index (κ3) is 5.79. The minimum absolute atomic E-state index is 0.0572. The summed E-state index contributed by atoms with van der Waals surface area (Å²) >= 11 is 0.